The van der Waals surface area contributed by atoms with E-state index in [-0.39, 0.29) is 16.9 Å². The van der Waals surface area contributed by atoms with E-state index in [0.29, 0.717) is 36.8 Å². The highest BCUT2D eigenvalue weighted by molar-refractivity contribution is 7.80. The minimum Gasteiger partial charge on any atom is -0.366 e. The minimum atomic E-state index is -0.530. The molecule has 3 rings (SSSR count). The zero-order valence-corrected chi connectivity index (χ0v) is 19.5. The summed E-state index contributed by atoms with van der Waals surface area (Å²) in [5, 5.41) is 6.76. The monoisotopic (exact) mass is 458 g/mol. The maximum absolute atomic E-state index is 12.7. The number of thiocarbonyl (C=S) groups is 1. The molecule has 6 nitrogen and oxygen atoms in total. The maximum atomic E-state index is 12.7. The number of carbonyl (C=O) groups is 2. The van der Waals surface area contributed by atoms with Crippen molar-refractivity contribution < 1.29 is 9.59 Å². The molecule has 0 bridgehead atoms. The van der Waals surface area contributed by atoms with Gasteiger partial charge in [-0.15, -0.1) is 0 Å². The highest BCUT2D eigenvalue weighted by Crippen LogP contribution is 2.27. The number of amides is 2. The van der Waals surface area contributed by atoms with Gasteiger partial charge in [0.05, 0.1) is 11.4 Å². The lowest BCUT2D eigenvalue weighted by Gasteiger charge is -2.37. The Kier molecular flexibility index (Phi) is 7.18. The first-order valence-corrected chi connectivity index (χ1v) is 10.9. The van der Waals surface area contributed by atoms with E-state index in [1.54, 1.807) is 24.3 Å². The van der Waals surface area contributed by atoms with Crippen LogP contribution in [0.3, 0.4) is 0 Å². The first-order chi connectivity index (χ1) is 14.6. The molecule has 164 valence electrons. The van der Waals surface area contributed by atoms with Gasteiger partial charge in [0.2, 0.25) is 5.91 Å². The number of nitrogens with one attached hydrogen (secondary N) is 2. The van der Waals surface area contributed by atoms with Crippen LogP contribution in [0.5, 0.6) is 0 Å². The van der Waals surface area contributed by atoms with E-state index in [1.165, 1.54) is 0 Å². The fourth-order valence-electron chi connectivity index (χ4n) is 3.22. The lowest BCUT2D eigenvalue weighted by Crippen LogP contribution is -2.49. The highest BCUT2D eigenvalue weighted by Gasteiger charge is 2.25. The van der Waals surface area contributed by atoms with Crippen LogP contribution >= 0.6 is 23.8 Å². The quantitative estimate of drug-likeness (QED) is 0.676. The third kappa shape index (κ3) is 5.95. The Labute approximate surface area is 193 Å². The van der Waals surface area contributed by atoms with E-state index in [1.807, 2.05) is 49.9 Å². The molecular formula is C23H27ClN4O2S. The van der Waals surface area contributed by atoms with E-state index >= 15 is 0 Å². The third-order valence-electron chi connectivity index (χ3n) is 5.06. The van der Waals surface area contributed by atoms with E-state index in [9.17, 15) is 9.59 Å². The molecule has 0 spiro atoms. The number of hydrogen-bond donors (Lipinski definition) is 2. The van der Waals surface area contributed by atoms with Crippen molar-refractivity contribution in [1.82, 2.24) is 10.2 Å². The second kappa shape index (κ2) is 9.66. The minimum absolute atomic E-state index is 0.00815. The molecule has 2 N–H and O–H groups in total. The molecule has 0 atom stereocenters. The van der Waals surface area contributed by atoms with Gasteiger partial charge in [-0.3, -0.25) is 9.59 Å². The summed E-state index contributed by atoms with van der Waals surface area (Å²) in [7, 11) is 0. The van der Waals surface area contributed by atoms with Gasteiger partial charge in [0.25, 0.3) is 5.91 Å². The number of para-hydroxylation sites is 2. The van der Waals surface area contributed by atoms with Crippen LogP contribution in [0.2, 0.25) is 5.02 Å². The van der Waals surface area contributed by atoms with Crippen LogP contribution in [-0.2, 0) is 4.79 Å². The predicted octanol–water partition coefficient (Wildman–Crippen LogP) is 4.16. The molecule has 8 heteroatoms. The Morgan fingerprint density at radius 1 is 0.968 bits per heavy atom. The SMILES string of the molecule is CC(C)(C)C(=O)NC(=S)Nc1ccccc1N1CCN(C(=O)c2ccc(Cl)cc2)CC1. The van der Waals surface area contributed by atoms with Crippen molar-refractivity contribution in [2.24, 2.45) is 5.41 Å². The molecule has 1 saturated heterocycles. The van der Waals surface area contributed by atoms with Crippen LogP contribution in [0.15, 0.2) is 48.5 Å². The Hall–Kier alpha value is -2.64. The van der Waals surface area contributed by atoms with Gasteiger partial charge in [0.1, 0.15) is 0 Å². The summed E-state index contributed by atoms with van der Waals surface area (Å²) in [6.07, 6.45) is 0. The van der Waals surface area contributed by atoms with Crippen molar-refractivity contribution in [1.29, 1.82) is 0 Å². The molecule has 0 aromatic heterocycles. The molecule has 0 saturated carbocycles. The molecule has 1 aliphatic heterocycles. The molecule has 0 radical (unpaired) electrons. The highest BCUT2D eigenvalue weighted by atomic mass is 35.5. The number of rotatable bonds is 3. The number of anilines is 2. The fourth-order valence-corrected chi connectivity index (χ4v) is 3.55. The molecule has 31 heavy (non-hydrogen) atoms. The Bertz CT molecular complexity index is 964. The number of hydrogen-bond acceptors (Lipinski definition) is 4. The van der Waals surface area contributed by atoms with Crippen molar-refractivity contribution >= 4 is 52.1 Å². The second-order valence-corrected chi connectivity index (χ2v) is 9.31. The van der Waals surface area contributed by atoms with Gasteiger partial charge in [0, 0.05) is 42.2 Å². The van der Waals surface area contributed by atoms with Crippen LogP contribution in [0, 0.1) is 5.41 Å². The molecule has 2 aromatic carbocycles. The normalized spacial score (nSPS) is 14.2. The summed E-state index contributed by atoms with van der Waals surface area (Å²) in [5.41, 5.74) is 1.91. The number of piperazine rings is 1. The molecule has 1 fully saturated rings. The zero-order valence-electron chi connectivity index (χ0n) is 17.9. The van der Waals surface area contributed by atoms with Gasteiger partial charge in [-0.1, -0.05) is 44.5 Å². The first kappa shape index (κ1) is 23.0. The molecule has 0 unspecified atom stereocenters. The van der Waals surface area contributed by atoms with Crippen LogP contribution in [0.4, 0.5) is 11.4 Å². The summed E-state index contributed by atoms with van der Waals surface area (Å²) in [6, 6.07) is 14.8. The molecule has 2 amide bonds. The van der Waals surface area contributed by atoms with Gasteiger partial charge in [-0.2, -0.15) is 0 Å². The molecule has 1 aliphatic rings. The van der Waals surface area contributed by atoms with Crippen LogP contribution < -0.4 is 15.5 Å². The summed E-state index contributed by atoms with van der Waals surface area (Å²) in [4.78, 5) is 29.0. The third-order valence-corrected chi connectivity index (χ3v) is 5.52. The molecule has 1 heterocycles. The number of carbonyl (C=O) groups excluding carboxylic acids is 2. The van der Waals surface area contributed by atoms with Gasteiger partial charge in [0.15, 0.2) is 5.11 Å². The van der Waals surface area contributed by atoms with Gasteiger partial charge in [-0.25, -0.2) is 0 Å². The summed E-state index contributed by atoms with van der Waals surface area (Å²) in [5.74, 6) is -0.134. The van der Waals surface area contributed by atoms with Crippen LogP contribution in [0.1, 0.15) is 31.1 Å². The fraction of sp³-hybridized carbons (Fsp3) is 0.348. The van der Waals surface area contributed by atoms with Gasteiger partial charge >= 0.3 is 0 Å². The van der Waals surface area contributed by atoms with E-state index in [0.717, 1.165) is 11.4 Å². The summed E-state index contributed by atoms with van der Waals surface area (Å²) in [6.45, 7) is 8.12. The standard InChI is InChI=1S/C23H27ClN4O2S/c1-23(2,3)21(30)26-22(31)25-18-6-4-5-7-19(18)27-12-14-28(15-13-27)20(29)16-8-10-17(24)11-9-16/h4-11H,12-15H2,1-3H3,(H2,25,26,30,31). The lowest BCUT2D eigenvalue weighted by atomic mass is 9.96. The number of benzene rings is 2. The average Bonchev–Trinajstić information content (AvgIpc) is 2.73. The van der Waals surface area contributed by atoms with E-state index in [2.05, 4.69) is 15.5 Å². The molecule has 2 aromatic rings. The topological polar surface area (TPSA) is 64.7 Å². The summed E-state index contributed by atoms with van der Waals surface area (Å²) < 4.78 is 0. The van der Waals surface area contributed by atoms with Gasteiger partial charge < -0.3 is 20.4 Å². The predicted molar refractivity (Wildman–Crippen MR) is 130 cm³/mol. The van der Waals surface area contributed by atoms with Gasteiger partial charge in [-0.05, 0) is 48.6 Å². The molecular weight excluding hydrogens is 432 g/mol. The maximum Gasteiger partial charge on any atom is 0.253 e. The lowest BCUT2D eigenvalue weighted by molar-refractivity contribution is -0.126. The van der Waals surface area contributed by atoms with Crippen LogP contribution in [0.25, 0.3) is 0 Å². The van der Waals surface area contributed by atoms with Crippen molar-refractivity contribution in [3.8, 4) is 0 Å². The Morgan fingerprint density at radius 3 is 2.19 bits per heavy atom. The van der Waals surface area contributed by atoms with Crippen molar-refractivity contribution in [3.63, 3.8) is 0 Å². The van der Waals surface area contributed by atoms with Crippen molar-refractivity contribution in [3.05, 3.63) is 59.1 Å². The molecule has 0 aliphatic carbocycles. The second-order valence-electron chi connectivity index (χ2n) is 8.46. The van der Waals surface area contributed by atoms with Crippen LogP contribution in [-0.4, -0.2) is 48.0 Å². The smallest absolute Gasteiger partial charge is 0.253 e. The number of nitrogens with zero attached hydrogens (tertiary/aromatic N) is 2. The Morgan fingerprint density at radius 2 is 1.58 bits per heavy atom. The first-order valence-electron chi connectivity index (χ1n) is 10.2. The van der Waals surface area contributed by atoms with Crippen molar-refractivity contribution in [2.75, 3.05) is 36.4 Å². The Balaban J connectivity index is 1.63. The summed E-state index contributed by atoms with van der Waals surface area (Å²) >= 11 is 11.3. The average molecular weight is 459 g/mol. The number of halogens is 1. The van der Waals surface area contributed by atoms with E-state index < -0.39 is 5.41 Å². The van der Waals surface area contributed by atoms with Crippen molar-refractivity contribution in [2.45, 2.75) is 20.8 Å². The zero-order chi connectivity index (χ0) is 22.6. The largest absolute Gasteiger partial charge is 0.366 e. The van der Waals surface area contributed by atoms with E-state index in [4.69, 9.17) is 23.8 Å².